The number of epoxide rings is 1. The van der Waals surface area contributed by atoms with Crippen LogP contribution in [0.15, 0.2) is 35.9 Å². The van der Waals surface area contributed by atoms with E-state index in [-0.39, 0.29) is 67.2 Å². The molecule has 5 fully saturated rings. The standard InChI is InChI=1S/C51H66ClN5O16S/c1-27-10-9-11-37(69-8)51(67)25-35(70-49(66)53-51)28(2)45-50(4,72-45)38(24-42(61)55(6)33-21-31(20-27)22-34(68-7)44(33)52)71-47(64)29(3)54(5)39(58)18-19-74-36-23-43(62)56(46(36)63)26-30-12-14-32(15-13-30)48(65)73-57-40(59)16-17-41(57)60/h9-11,21-22,28-30,32,35-38,45,67H,12-20,23-26H2,1-8H3,(H,53,66)/t28?,29?,30?,32?,35-,36?,37+,38-,45?,50+,51+/m1/s1. The van der Waals surface area contributed by atoms with Crippen molar-refractivity contribution in [2.24, 2.45) is 17.8 Å². The summed E-state index contributed by atoms with van der Waals surface area (Å²) in [7, 11) is 5.84. The third-order valence-corrected chi connectivity index (χ3v) is 16.8. The Morgan fingerprint density at radius 2 is 1.70 bits per heavy atom. The number of allylic oxidation sites excluding steroid dienone is 3. The number of likely N-dealkylation sites (tertiary alicyclic amines) is 1. The number of imide groups is 2. The van der Waals surface area contributed by atoms with Gasteiger partial charge in [0.25, 0.3) is 11.8 Å². The number of alkyl carbamates (subject to hydrolysis) is 1. The summed E-state index contributed by atoms with van der Waals surface area (Å²) in [6.45, 7) is 6.99. The van der Waals surface area contributed by atoms with E-state index in [0.717, 1.165) is 11.1 Å². The van der Waals surface area contributed by atoms with Gasteiger partial charge in [0.2, 0.25) is 23.6 Å². The third-order valence-electron chi connectivity index (χ3n) is 15.2. The van der Waals surface area contributed by atoms with Crippen molar-refractivity contribution in [1.29, 1.82) is 0 Å². The predicted octanol–water partition coefficient (Wildman–Crippen LogP) is 4.18. The molecular formula is C51H66ClN5O16S. The van der Waals surface area contributed by atoms with E-state index in [4.69, 9.17) is 40.1 Å². The molecule has 5 aliphatic heterocycles. The molecule has 1 saturated carbocycles. The molecule has 0 radical (unpaired) electrons. The Bertz CT molecular complexity index is 2470. The normalized spacial score (nSPS) is 31.1. The van der Waals surface area contributed by atoms with Gasteiger partial charge in [-0.15, -0.1) is 16.8 Å². The van der Waals surface area contributed by atoms with Crippen LogP contribution < -0.4 is 15.0 Å². The number of hydroxylamine groups is 2. The minimum absolute atomic E-state index is 0.00240. The Morgan fingerprint density at radius 3 is 2.36 bits per heavy atom. The minimum atomic E-state index is -1.89. The molecule has 6 aliphatic rings. The number of benzene rings is 1. The summed E-state index contributed by atoms with van der Waals surface area (Å²) in [4.78, 5) is 127. The predicted molar refractivity (Wildman–Crippen MR) is 266 cm³/mol. The zero-order valence-corrected chi connectivity index (χ0v) is 44.5. The van der Waals surface area contributed by atoms with Crippen LogP contribution >= 0.6 is 23.4 Å². The summed E-state index contributed by atoms with van der Waals surface area (Å²) in [5.74, 6) is -4.93. The number of thioether (sulfide) groups is 1. The lowest BCUT2D eigenvalue weighted by atomic mass is 9.82. The Hall–Kier alpha value is -5.55. The fraction of sp³-hybridized carbons (Fsp3) is 0.627. The van der Waals surface area contributed by atoms with Crippen molar-refractivity contribution in [2.45, 2.75) is 145 Å². The van der Waals surface area contributed by atoms with E-state index in [1.165, 1.54) is 61.7 Å². The van der Waals surface area contributed by atoms with Gasteiger partial charge < -0.3 is 43.4 Å². The average molecular weight is 1070 g/mol. The number of ether oxygens (including phenoxy) is 5. The summed E-state index contributed by atoms with van der Waals surface area (Å²) in [6, 6.07) is 2.36. The summed E-state index contributed by atoms with van der Waals surface area (Å²) >= 11 is 7.98. The first-order valence-corrected chi connectivity index (χ1v) is 26.3. The third kappa shape index (κ3) is 12.2. The number of fused-ring (bicyclic) bond motifs is 5. The molecule has 1 aromatic rings. The van der Waals surface area contributed by atoms with Gasteiger partial charge in [0.15, 0.2) is 5.72 Å². The Morgan fingerprint density at radius 1 is 1.01 bits per heavy atom. The van der Waals surface area contributed by atoms with Crippen molar-refractivity contribution in [3.05, 3.63) is 46.5 Å². The highest BCUT2D eigenvalue weighted by molar-refractivity contribution is 8.00. The number of carbonyl (C=O) groups is 9. The molecule has 7 rings (SSSR count). The van der Waals surface area contributed by atoms with E-state index < -0.39 is 107 Å². The van der Waals surface area contributed by atoms with Crippen molar-refractivity contribution in [3.8, 4) is 5.75 Å². The lowest BCUT2D eigenvalue weighted by molar-refractivity contribution is -0.201. The first kappa shape index (κ1) is 56.2. The molecular weight excluding hydrogens is 1010 g/mol. The molecule has 1 aliphatic carbocycles. The van der Waals surface area contributed by atoms with Crippen molar-refractivity contribution < 1.29 is 76.8 Å². The minimum Gasteiger partial charge on any atom is -0.495 e. The lowest BCUT2D eigenvalue weighted by Gasteiger charge is -2.42. The number of hydrogen-bond donors (Lipinski definition) is 2. The SMILES string of the molecule is COc1cc2cc(c1Cl)N(C)C(=O)C[C@@H](OC(=O)C(C)N(C)C(=O)CCSC1CC(=O)N(CC3CCC(C(=O)ON4C(=O)CCC4=O)CC3)C1=O)[C@]1(C)OC1C(C)[C@H]1C[C@@](O)(NC(=O)O1)[C@@H](OC)C=CC=C(C)C2. The number of hydrogen-bond acceptors (Lipinski definition) is 17. The number of likely N-dealkylation sites (N-methyl/N-ethyl adjacent to an activating group) is 1. The number of nitrogens with one attached hydrogen (secondary N) is 1. The molecule has 0 aromatic heterocycles. The largest absolute Gasteiger partial charge is 0.495 e. The average Bonchev–Trinajstić information content (AvgIpc) is 3.87. The highest BCUT2D eigenvalue weighted by Crippen LogP contribution is 2.49. The first-order valence-electron chi connectivity index (χ1n) is 24.9. The second-order valence-corrected chi connectivity index (χ2v) is 22.0. The molecule has 9 atom stereocenters. The van der Waals surface area contributed by atoms with Crippen LogP contribution in [0.25, 0.3) is 0 Å². The van der Waals surface area contributed by atoms with Crippen molar-refractivity contribution >= 4 is 82.5 Å². The molecule has 5 heterocycles. The van der Waals surface area contributed by atoms with Crippen LogP contribution in [-0.2, 0) is 68.6 Å². The van der Waals surface area contributed by atoms with Gasteiger partial charge in [-0.25, -0.2) is 14.4 Å². The van der Waals surface area contributed by atoms with Crippen LogP contribution in [0.5, 0.6) is 5.75 Å². The van der Waals surface area contributed by atoms with E-state index in [2.05, 4.69) is 5.32 Å². The molecule has 1 aromatic carbocycles. The summed E-state index contributed by atoms with van der Waals surface area (Å²) in [5, 5.41) is 14.4. The number of anilines is 1. The van der Waals surface area contributed by atoms with Crippen LogP contribution in [-0.4, -0.2) is 161 Å². The quantitative estimate of drug-likeness (QED) is 0.160. The maximum Gasteiger partial charge on any atom is 0.409 e. The van der Waals surface area contributed by atoms with E-state index in [9.17, 15) is 48.3 Å². The van der Waals surface area contributed by atoms with Gasteiger partial charge in [0, 0.05) is 71.5 Å². The Kier molecular flexibility index (Phi) is 17.6. The molecule has 21 nitrogen and oxygen atoms in total. The van der Waals surface area contributed by atoms with Crippen LogP contribution in [0.3, 0.4) is 0 Å². The lowest BCUT2D eigenvalue weighted by Crippen LogP contribution is -2.63. The number of halogens is 1. The molecule has 74 heavy (non-hydrogen) atoms. The molecule has 0 spiro atoms. The van der Waals surface area contributed by atoms with E-state index >= 15 is 0 Å². The number of esters is 1. The zero-order valence-electron chi connectivity index (χ0n) is 42.9. The Balaban J connectivity index is 0.986. The maximum atomic E-state index is 14.4. The van der Waals surface area contributed by atoms with Crippen molar-refractivity contribution in [2.75, 3.05) is 45.5 Å². The fourth-order valence-corrected chi connectivity index (χ4v) is 11.7. The van der Waals surface area contributed by atoms with Crippen molar-refractivity contribution in [3.63, 3.8) is 0 Å². The number of rotatable bonds is 13. The van der Waals surface area contributed by atoms with Crippen molar-refractivity contribution in [1.82, 2.24) is 20.2 Å². The van der Waals surface area contributed by atoms with E-state index in [0.29, 0.717) is 48.6 Å². The second kappa shape index (κ2) is 23.1. The molecule has 2 N–H and O–H groups in total. The summed E-state index contributed by atoms with van der Waals surface area (Å²) < 4.78 is 29.4. The molecule has 4 bridgehead atoms. The van der Waals surface area contributed by atoms with E-state index in [1.54, 1.807) is 38.1 Å². The number of nitrogens with zero attached hydrogens (tertiary/aromatic N) is 4. The van der Waals surface area contributed by atoms with Gasteiger partial charge in [-0.2, -0.15) is 0 Å². The van der Waals surface area contributed by atoms with E-state index in [1.807, 2.05) is 13.0 Å². The molecule has 23 heteroatoms. The second-order valence-electron chi connectivity index (χ2n) is 20.3. The van der Waals surface area contributed by atoms with Gasteiger partial charge in [-0.05, 0) is 76.5 Å². The van der Waals surface area contributed by atoms with Gasteiger partial charge in [0.05, 0.1) is 36.5 Å². The first-order chi connectivity index (χ1) is 35.0. The molecule has 4 saturated heterocycles. The van der Waals surface area contributed by atoms with Gasteiger partial charge >= 0.3 is 18.0 Å². The summed E-state index contributed by atoms with van der Waals surface area (Å²) in [6.07, 6.45) is 2.04. The fourth-order valence-electron chi connectivity index (χ4n) is 10.3. The smallest absolute Gasteiger partial charge is 0.409 e. The highest BCUT2D eigenvalue weighted by Gasteiger charge is 2.64. The van der Waals surface area contributed by atoms with Crippen LogP contribution in [0, 0.1) is 17.8 Å². The topological polar surface area (TPSA) is 258 Å². The maximum absolute atomic E-state index is 14.4. The van der Waals surface area contributed by atoms with Gasteiger partial charge in [-0.1, -0.05) is 42.3 Å². The van der Waals surface area contributed by atoms with Gasteiger partial charge in [0.1, 0.15) is 40.7 Å². The van der Waals surface area contributed by atoms with Crippen LogP contribution in [0.4, 0.5) is 10.5 Å². The zero-order chi connectivity index (χ0) is 54.0. The van der Waals surface area contributed by atoms with Crippen LogP contribution in [0.1, 0.15) is 97.5 Å². The number of carbonyl (C=O) groups excluding carboxylic acids is 9. The monoisotopic (exact) mass is 1070 g/mol. The summed E-state index contributed by atoms with van der Waals surface area (Å²) in [5.41, 5.74) is -1.23. The number of aliphatic hydroxyl groups is 1. The Labute approximate surface area is 438 Å². The highest BCUT2D eigenvalue weighted by atomic mass is 35.5. The number of amides is 7. The number of methoxy groups -OCH3 is 2. The van der Waals surface area contributed by atoms with Crippen LogP contribution in [0.2, 0.25) is 5.02 Å². The molecule has 4 unspecified atom stereocenters. The van der Waals surface area contributed by atoms with Gasteiger partial charge in [-0.3, -0.25) is 39.0 Å². The molecule has 7 amide bonds. The molecule has 404 valence electrons.